The molecular formula is C35H36N6O7S. The standard InChI is InChI=1S/C35H36N6O7S/c1-35(2,3)23-15-17-24(18-16-23)49(43,44)41-31-30(48-28-14-9-8-13-27(28)46-5)34(40-33(39-31)32-36-20-10-21-37-32)47-22-19-29(42)38-25-11-6-7-12-26(25)45-4/h6-18,20-21H,19,22H2,1-5H3,(H,38,42)(H,39,40,41). The molecule has 3 aromatic carbocycles. The van der Waals surface area contributed by atoms with Gasteiger partial charge in [0.15, 0.2) is 23.1 Å². The largest absolute Gasteiger partial charge is 0.495 e. The molecule has 0 saturated heterocycles. The van der Waals surface area contributed by atoms with Crippen LogP contribution in [0.2, 0.25) is 0 Å². The molecule has 13 nitrogen and oxygen atoms in total. The summed E-state index contributed by atoms with van der Waals surface area (Å²) >= 11 is 0. The average molecular weight is 685 g/mol. The van der Waals surface area contributed by atoms with Gasteiger partial charge in [-0.15, -0.1) is 0 Å². The van der Waals surface area contributed by atoms with Crippen molar-refractivity contribution in [1.82, 2.24) is 19.9 Å². The molecule has 1 amide bonds. The van der Waals surface area contributed by atoms with Crippen molar-refractivity contribution < 1.29 is 32.2 Å². The van der Waals surface area contributed by atoms with Crippen molar-refractivity contribution in [2.45, 2.75) is 37.5 Å². The normalized spacial score (nSPS) is 11.4. The van der Waals surface area contributed by atoms with E-state index < -0.39 is 10.0 Å². The molecule has 0 unspecified atom stereocenters. The second-order valence-electron chi connectivity index (χ2n) is 11.6. The Hall–Kier alpha value is -5.76. The van der Waals surface area contributed by atoms with Crippen LogP contribution in [0.15, 0.2) is 96.2 Å². The third kappa shape index (κ3) is 8.59. The lowest BCUT2D eigenvalue weighted by Crippen LogP contribution is -2.18. The van der Waals surface area contributed by atoms with Crippen LogP contribution >= 0.6 is 0 Å². The monoisotopic (exact) mass is 684 g/mol. The molecule has 0 spiro atoms. The number of ether oxygens (including phenoxy) is 4. The lowest BCUT2D eigenvalue weighted by atomic mass is 9.87. The first-order valence-corrected chi connectivity index (χ1v) is 16.7. The Morgan fingerprint density at radius 1 is 0.776 bits per heavy atom. The van der Waals surface area contributed by atoms with E-state index >= 15 is 0 Å². The molecule has 0 atom stereocenters. The van der Waals surface area contributed by atoms with E-state index in [-0.39, 0.29) is 64.1 Å². The summed E-state index contributed by atoms with van der Waals surface area (Å²) in [5.74, 6) is 0.157. The Morgan fingerprint density at radius 2 is 1.41 bits per heavy atom. The molecule has 2 heterocycles. The molecule has 254 valence electrons. The van der Waals surface area contributed by atoms with Gasteiger partial charge in [-0.25, -0.2) is 23.4 Å². The number of hydrogen-bond donors (Lipinski definition) is 2. The van der Waals surface area contributed by atoms with Crippen molar-refractivity contribution in [1.29, 1.82) is 0 Å². The van der Waals surface area contributed by atoms with Crippen LogP contribution in [0.4, 0.5) is 11.5 Å². The molecule has 0 fully saturated rings. The summed E-state index contributed by atoms with van der Waals surface area (Å²) in [4.78, 5) is 30.3. The molecule has 49 heavy (non-hydrogen) atoms. The van der Waals surface area contributed by atoms with E-state index in [2.05, 4.69) is 30.0 Å². The second kappa shape index (κ2) is 15.0. The third-order valence-corrected chi connectivity index (χ3v) is 8.45. The van der Waals surface area contributed by atoms with Gasteiger partial charge in [-0.1, -0.05) is 57.2 Å². The molecule has 0 aliphatic rings. The zero-order chi connectivity index (χ0) is 35.0. The maximum Gasteiger partial charge on any atom is 0.263 e. The number of rotatable bonds is 13. The molecule has 14 heteroatoms. The Bertz CT molecular complexity index is 2020. The Morgan fingerprint density at radius 3 is 2.06 bits per heavy atom. The van der Waals surface area contributed by atoms with Crippen LogP contribution in [0.3, 0.4) is 0 Å². The van der Waals surface area contributed by atoms with Crippen molar-refractivity contribution >= 4 is 27.4 Å². The predicted molar refractivity (Wildman–Crippen MR) is 184 cm³/mol. The van der Waals surface area contributed by atoms with Gasteiger partial charge in [0.25, 0.3) is 15.9 Å². The van der Waals surface area contributed by atoms with E-state index in [1.807, 2.05) is 20.8 Å². The number of hydrogen-bond acceptors (Lipinski definition) is 11. The van der Waals surface area contributed by atoms with Crippen molar-refractivity contribution in [3.8, 4) is 40.5 Å². The Balaban J connectivity index is 1.54. The number of amides is 1. The first-order chi connectivity index (χ1) is 23.5. The molecule has 2 N–H and O–H groups in total. The summed E-state index contributed by atoms with van der Waals surface area (Å²) in [5, 5.41) is 2.79. The average Bonchev–Trinajstić information content (AvgIpc) is 3.09. The molecule has 5 aromatic rings. The van der Waals surface area contributed by atoms with Crippen LogP contribution in [0.1, 0.15) is 32.8 Å². The summed E-state index contributed by atoms with van der Waals surface area (Å²) in [6.07, 6.45) is 2.89. The maximum atomic E-state index is 13.8. The molecular weight excluding hydrogens is 648 g/mol. The van der Waals surface area contributed by atoms with Crippen molar-refractivity contribution in [3.05, 3.63) is 96.8 Å². The third-order valence-electron chi connectivity index (χ3n) is 7.09. The quantitative estimate of drug-likeness (QED) is 0.144. The molecule has 0 bridgehead atoms. The molecule has 0 radical (unpaired) electrons. The number of carbonyl (C=O) groups excluding carboxylic acids is 1. The molecule has 0 aliphatic heterocycles. The highest BCUT2D eigenvalue weighted by molar-refractivity contribution is 7.92. The first kappa shape index (κ1) is 34.6. The molecule has 0 aliphatic carbocycles. The van der Waals surface area contributed by atoms with E-state index in [0.29, 0.717) is 17.2 Å². The van der Waals surface area contributed by atoms with Gasteiger partial charge < -0.3 is 24.3 Å². The van der Waals surface area contributed by atoms with Crippen LogP contribution in [-0.4, -0.2) is 55.1 Å². The number of para-hydroxylation sites is 4. The van der Waals surface area contributed by atoms with Crippen LogP contribution < -0.4 is 29.0 Å². The minimum Gasteiger partial charge on any atom is -0.495 e. The summed E-state index contributed by atoms with van der Waals surface area (Å²) in [6.45, 7) is 5.94. The molecule has 5 rings (SSSR count). The van der Waals surface area contributed by atoms with Crippen LogP contribution in [-0.2, 0) is 20.2 Å². The van der Waals surface area contributed by atoms with E-state index in [4.69, 9.17) is 18.9 Å². The number of anilines is 2. The second-order valence-corrected chi connectivity index (χ2v) is 13.3. The van der Waals surface area contributed by atoms with Crippen molar-refractivity contribution in [2.75, 3.05) is 30.9 Å². The summed E-state index contributed by atoms with van der Waals surface area (Å²) in [6, 6.07) is 21.9. The van der Waals surface area contributed by atoms with E-state index in [9.17, 15) is 13.2 Å². The first-order valence-electron chi connectivity index (χ1n) is 15.2. The smallest absolute Gasteiger partial charge is 0.263 e. The molecule has 0 saturated carbocycles. The van der Waals surface area contributed by atoms with E-state index in [1.165, 1.54) is 38.7 Å². The van der Waals surface area contributed by atoms with Gasteiger partial charge >= 0.3 is 0 Å². The Kier molecular flexibility index (Phi) is 10.6. The zero-order valence-electron chi connectivity index (χ0n) is 27.6. The van der Waals surface area contributed by atoms with Crippen molar-refractivity contribution in [3.63, 3.8) is 0 Å². The highest BCUT2D eigenvalue weighted by Crippen LogP contribution is 2.41. The summed E-state index contributed by atoms with van der Waals surface area (Å²) in [5.41, 5.74) is 1.27. The number of sulfonamides is 1. The van der Waals surface area contributed by atoms with Gasteiger partial charge in [-0.3, -0.25) is 9.52 Å². The number of methoxy groups -OCH3 is 2. The summed E-state index contributed by atoms with van der Waals surface area (Å²) < 4.78 is 53.1. The fourth-order valence-electron chi connectivity index (χ4n) is 4.54. The van der Waals surface area contributed by atoms with E-state index in [0.717, 1.165) is 5.56 Å². The molecule has 2 aromatic heterocycles. The van der Waals surface area contributed by atoms with Gasteiger partial charge in [0.2, 0.25) is 17.5 Å². The fourth-order valence-corrected chi connectivity index (χ4v) is 5.54. The highest BCUT2D eigenvalue weighted by atomic mass is 32.2. The van der Waals surface area contributed by atoms with Crippen LogP contribution in [0.5, 0.6) is 28.9 Å². The summed E-state index contributed by atoms with van der Waals surface area (Å²) in [7, 11) is -1.24. The lowest BCUT2D eigenvalue weighted by molar-refractivity contribution is -0.116. The van der Waals surface area contributed by atoms with Gasteiger partial charge in [0.05, 0.1) is 37.8 Å². The predicted octanol–water partition coefficient (Wildman–Crippen LogP) is 6.25. The SMILES string of the molecule is COc1ccccc1NC(=O)CCOc1nc(-c2ncccn2)nc(NS(=O)(=O)c2ccc(C(C)(C)C)cc2)c1Oc1ccccc1OC. The topological polar surface area (TPSA) is 164 Å². The minimum atomic E-state index is -4.22. The van der Waals surface area contributed by atoms with Crippen LogP contribution in [0, 0.1) is 0 Å². The number of nitrogens with one attached hydrogen (secondary N) is 2. The number of benzene rings is 3. The van der Waals surface area contributed by atoms with Gasteiger partial charge in [-0.2, -0.15) is 4.98 Å². The zero-order valence-corrected chi connectivity index (χ0v) is 28.4. The Labute approximate surface area is 284 Å². The highest BCUT2D eigenvalue weighted by Gasteiger charge is 2.27. The lowest BCUT2D eigenvalue weighted by Gasteiger charge is -2.20. The number of nitrogens with zero attached hydrogens (tertiary/aromatic N) is 4. The maximum absolute atomic E-state index is 13.8. The van der Waals surface area contributed by atoms with E-state index in [1.54, 1.807) is 66.7 Å². The minimum absolute atomic E-state index is 0.00431. The number of aromatic nitrogens is 4. The number of carbonyl (C=O) groups is 1. The van der Waals surface area contributed by atoms with Crippen LogP contribution in [0.25, 0.3) is 11.6 Å². The van der Waals surface area contributed by atoms with Crippen molar-refractivity contribution in [2.24, 2.45) is 0 Å². The van der Waals surface area contributed by atoms with Gasteiger partial charge in [0.1, 0.15) is 5.75 Å². The van der Waals surface area contributed by atoms with Gasteiger partial charge in [-0.05, 0) is 53.4 Å². The van der Waals surface area contributed by atoms with Gasteiger partial charge in [0, 0.05) is 12.4 Å². The fraction of sp³-hybridized carbons (Fsp3) is 0.229.